The Kier molecular flexibility index (Phi) is 4.15. The van der Waals surface area contributed by atoms with E-state index in [4.69, 9.17) is 0 Å². The van der Waals surface area contributed by atoms with Gasteiger partial charge in [-0.05, 0) is 25.8 Å². The van der Waals surface area contributed by atoms with Gasteiger partial charge in [-0.2, -0.15) is 0 Å². The third-order valence-corrected chi connectivity index (χ3v) is 2.85. The molecule has 0 aliphatic rings. The molecule has 0 saturated carbocycles. The van der Waals surface area contributed by atoms with E-state index in [0.717, 1.165) is 12.1 Å². The van der Waals surface area contributed by atoms with Crippen molar-refractivity contribution in [3.05, 3.63) is 29.3 Å². The van der Waals surface area contributed by atoms with Crippen LogP contribution >= 0.6 is 0 Å². The number of hydrogen-bond donors (Lipinski definition) is 2. The van der Waals surface area contributed by atoms with Gasteiger partial charge in [-0.3, -0.25) is 0 Å². The van der Waals surface area contributed by atoms with Crippen LogP contribution in [0.2, 0.25) is 0 Å². The van der Waals surface area contributed by atoms with Gasteiger partial charge >= 0.3 is 0 Å². The summed E-state index contributed by atoms with van der Waals surface area (Å²) in [6, 6.07) is 6.16. The van der Waals surface area contributed by atoms with Gasteiger partial charge in [0.2, 0.25) is 0 Å². The molecule has 1 atom stereocenters. The van der Waals surface area contributed by atoms with E-state index in [1.54, 1.807) is 6.07 Å². The molecule has 2 nitrogen and oxygen atoms in total. The zero-order valence-corrected chi connectivity index (χ0v) is 10.0. The van der Waals surface area contributed by atoms with Gasteiger partial charge in [0.25, 0.3) is 0 Å². The van der Waals surface area contributed by atoms with E-state index in [9.17, 15) is 5.11 Å². The monoisotopic (exact) mass is 207 g/mol. The van der Waals surface area contributed by atoms with Gasteiger partial charge < -0.3 is 10.4 Å². The van der Waals surface area contributed by atoms with Gasteiger partial charge in [-0.1, -0.05) is 31.5 Å². The maximum absolute atomic E-state index is 9.65. The summed E-state index contributed by atoms with van der Waals surface area (Å²) in [5.41, 5.74) is 2.16. The van der Waals surface area contributed by atoms with Crippen molar-refractivity contribution in [1.82, 2.24) is 5.32 Å². The molecule has 1 aromatic rings. The van der Waals surface area contributed by atoms with E-state index in [-0.39, 0.29) is 0 Å². The maximum atomic E-state index is 9.65. The third kappa shape index (κ3) is 3.56. The smallest absolute Gasteiger partial charge is 0.120 e. The highest BCUT2D eigenvalue weighted by Crippen LogP contribution is 2.18. The van der Waals surface area contributed by atoms with Crippen LogP contribution in [-0.2, 0) is 6.54 Å². The summed E-state index contributed by atoms with van der Waals surface area (Å²) < 4.78 is 0. The number of rotatable bonds is 4. The van der Waals surface area contributed by atoms with Gasteiger partial charge in [0.15, 0.2) is 0 Å². The summed E-state index contributed by atoms with van der Waals surface area (Å²) in [4.78, 5) is 0. The number of benzene rings is 1. The van der Waals surface area contributed by atoms with E-state index in [2.05, 4.69) is 26.1 Å². The molecule has 0 radical (unpaired) electrons. The van der Waals surface area contributed by atoms with E-state index in [1.165, 1.54) is 5.56 Å². The average Bonchev–Trinajstić information content (AvgIpc) is 2.18. The molecule has 1 aromatic carbocycles. The van der Waals surface area contributed by atoms with Crippen LogP contribution in [0.5, 0.6) is 5.75 Å². The van der Waals surface area contributed by atoms with Crippen LogP contribution in [0.25, 0.3) is 0 Å². The average molecular weight is 207 g/mol. The second-order valence-corrected chi connectivity index (χ2v) is 4.55. The van der Waals surface area contributed by atoms with Crippen molar-refractivity contribution in [3.8, 4) is 5.75 Å². The molecule has 1 rings (SSSR count). The Morgan fingerprint density at radius 2 is 1.93 bits per heavy atom. The van der Waals surface area contributed by atoms with E-state index < -0.39 is 0 Å². The Morgan fingerprint density at radius 1 is 1.27 bits per heavy atom. The first-order valence-corrected chi connectivity index (χ1v) is 5.52. The molecule has 0 spiro atoms. The predicted octanol–water partition coefficient (Wildman–Crippen LogP) is 2.83. The van der Waals surface area contributed by atoms with Crippen LogP contribution in [0, 0.1) is 12.8 Å². The highest BCUT2D eigenvalue weighted by atomic mass is 16.3. The lowest BCUT2D eigenvalue weighted by Crippen LogP contribution is -2.30. The number of hydrogen-bond acceptors (Lipinski definition) is 2. The van der Waals surface area contributed by atoms with E-state index >= 15 is 0 Å². The zero-order chi connectivity index (χ0) is 11.4. The lowest BCUT2D eigenvalue weighted by Gasteiger charge is -2.18. The number of aryl methyl sites for hydroxylation is 1. The van der Waals surface area contributed by atoms with Gasteiger partial charge in [0.1, 0.15) is 5.75 Å². The molecule has 2 N–H and O–H groups in total. The van der Waals surface area contributed by atoms with Crippen molar-refractivity contribution in [1.29, 1.82) is 0 Å². The first-order chi connectivity index (χ1) is 7.00. The molecule has 84 valence electrons. The highest BCUT2D eigenvalue weighted by molar-refractivity contribution is 5.35. The Morgan fingerprint density at radius 3 is 2.53 bits per heavy atom. The summed E-state index contributed by atoms with van der Waals surface area (Å²) in [7, 11) is 0. The number of aromatic hydroxyl groups is 1. The van der Waals surface area contributed by atoms with Crippen molar-refractivity contribution in [3.63, 3.8) is 0 Å². The normalized spacial score (nSPS) is 13.1. The minimum atomic E-state index is 0.379. The molecule has 15 heavy (non-hydrogen) atoms. The molecule has 0 amide bonds. The Balaban J connectivity index is 2.61. The van der Waals surface area contributed by atoms with Crippen LogP contribution in [0.15, 0.2) is 18.2 Å². The van der Waals surface area contributed by atoms with Crippen LogP contribution in [0.4, 0.5) is 0 Å². The molecule has 0 bridgehead atoms. The molecule has 0 fully saturated rings. The topological polar surface area (TPSA) is 32.3 Å². The number of phenolic OH excluding ortho intramolecular Hbond substituents is 1. The van der Waals surface area contributed by atoms with Crippen LogP contribution in [0.1, 0.15) is 31.9 Å². The molecule has 0 aliphatic carbocycles. The lowest BCUT2D eigenvalue weighted by molar-refractivity contribution is 0.415. The lowest BCUT2D eigenvalue weighted by atomic mass is 10.1. The van der Waals surface area contributed by atoms with Crippen molar-refractivity contribution >= 4 is 0 Å². The Labute approximate surface area is 92.3 Å². The van der Waals surface area contributed by atoms with Gasteiger partial charge in [-0.15, -0.1) is 0 Å². The van der Waals surface area contributed by atoms with Crippen LogP contribution in [-0.4, -0.2) is 11.1 Å². The highest BCUT2D eigenvalue weighted by Gasteiger charge is 2.07. The van der Waals surface area contributed by atoms with Gasteiger partial charge in [-0.25, -0.2) is 0 Å². The first kappa shape index (κ1) is 12.1. The third-order valence-electron chi connectivity index (χ3n) is 2.85. The van der Waals surface area contributed by atoms with E-state index in [1.807, 2.05) is 19.1 Å². The van der Waals surface area contributed by atoms with Gasteiger partial charge in [0.05, 0.1) is 0 Å². The Bertz CT molecular complexity index is 320. The molecule has 0 saturated heterocycles. The fourth-order valence-corrected chi connectivity index (χ4v) is 1.36. The molecular formula is C13H21NO. The molecule has 0 aromatic heterocycles. The largest absolute Gasteiger partial charge is 0.508 e. The number of nitrogens with one attached hydrogen (secondary N) is 1. The predicted molar refractivity (Wildman–Crippen MR) is 64.0 cm³/mol. The van der Waals surface area contributed by atoms with Gasteiger partial charge in [0, 0.05) is 18.2 Å². The molecule has 0 unspecified atom stereocenters. The van der Waals surface area contributed by atoms with E-state index in [0.29, 0.717) is 17.7 Å². The molecular weight excluding hydrogens is 186 g/mol. The quantitative estimate of drug-likeness (QED) is 0.795. The number of phenols is 1. The fraction of sp³-hybridized carbons (Fsp3) is 0.538. The summed E-state index contributed by atoms with van der Waals surface area (Å²) in [6.45, 7) is 9.31. The molecule has 0 heterocycles. The maximum Gasteiger partial charge on any atom is 0.120 e. The van der Waals surface area contributed by atoms with Crippen molar-refractivity contribution in [2.75, 3.05) is 0 Å². The minimum absolute atomic E-state index is 0.379. The summed E-state index contributed by atoms with van der Waals surface area (Å²) in [5.74, 6) is 0.987. The van der Waals surface area contributed by atoms with Crippen LogP contribution < -0.4 is 5.32 Å². The first-order valence-electron chi connectivity index (χ1n) is 5.52. The minimum Gasteiger partial charge on any atom is -0.508 e. The van der Waals surface area contributed by atoms with Crippen molar-refractivity contribution in [2.45, 2.75) is 40.3 Å². The Hall–Kier alpha value is -1.02. The zero-order valence-electron chi connectivity index (χ0n) is 10.0. The van der Waals surface area contributed by atoms with Crippen LogP contribution in [0.3, 0.4) is 0 Å². The summed E-state index contributed by atoms with van der Waals surface area (Å²) in [6.07, 6.45) is 0. The SMILES string of the molecule is Cc1ccc(O)c(CN[C@H](C)C(C)C)c1. The second-order valence-electron chi connectivity index (χ2n) is 4.55. The second kappa shape index (κ2) is 5.17. The fourth-order valence-electron chi connectivity index (χ4n) is 1.36. The summed E-state index contributed by atoms with van der Waals surface area (Å²) >= 11 is 0. The van der Waals surface area contributed by atoms with Crippen molar-refractivity contribution < 1.29 is 5.11 Å². The molecule has 0 aliphatic heterocycles. The molecule has 2 heteroatoms. The van der Waals surface area contributed by atoms with Crippen molar-refractivity contribution in [2.24, 2.45) is 5.92 Å². The summed E-state index contributed by atoms with van der Waals surface area (Å²) in [5, 5.41) is 13.1. The standard InChI is InChI=1S/C13H21NO/c1-9(2)11(4)14-8-12-7-10(3)5-6-13(12)15/h5-7,9,11,14-15H,8H2,1-4H3/t11-/m1/s1.